The van der Waals surface area contributed by atoms with Gasteiger partial charge in [0.05, 0.1) is 0 Å². The summed E-state index contributed by atoms with van der Waals surface area (Å²) >= 11 is 0. The Morgan fingerprint density at radius 1 is 1.53 bits per heavy atom. The number of hydrogen-bond donors (Lipinski definition) is 2. The SMILES string of the molecule is CC1NC(=O)CCC1NC(=O)C(F)(F)F. The van der Waals surface area contributed by atoms with Crippen LogP contribution in [0.1, 0.15) is 19.8 Å². The monoisotopic (exact) mass is 224 g/mol. The van der Waals surface area contributed by atoms with Crippen molar-refractivity contribution in [2.24, 2.45) is 0 Å². The zero-order chi connectivity index (χ0) is 11.6. The number of amides is 2. The van der Waals surface area contributed by atoms with Crippen LogP contribution in [0.4, 0.5) is 13.2 Å². The van der Waals surface area contributed by atoms with Crippen LogP contribution in [0.5, 0.6) is 0 Å². The minimum atomic E-state index is -4.87. The van der Waals surface area contributed by atoms with Crippen molar-refractivity contribution in [1.82, 2.24) is 10.6 Å². The predicted molar refractivity (Wildman–Crippen MR) is 44.8 cm³/mol. The second-order valence-electron chi connectivity index (χ2n) is 3.47. The largest absolute Gasteiger partial charge is 0.471 e. The molecule has 2 atom stereocenters. The maximum atomic E-state index is 11.9. The highest BCUT2D eigenvalue weighted by molar-refractivity contribution is 5.83. The number of halogens is 3. The topological polar surface area (TPSA) is 58.2 Å². The van der Waals surface area contributed by atoms with Gasteiger partial charge < -0.3 is 10.6 Å². The third kappa shape index (κ3) is 3.10. The first-order valence-corrected chi connectivity index (χ1v) is 4.48. The fourth-order valence-corrected chi connectivity index (χ4v) is 1.41. The van der Waals surface area contributed by atoms with Gasteiger partial charge in [-0.15, -0.1) is 0 Å². The molecule has 0 spiro atoms. The Labute approximate surface area is 84.2 Å². The van der Waals surface area contributed by atoms with E-state index >= 15 is 0 Å². The molecule has 2 amide bonds. The number of hydrogen-bond acceptors (Lipinski definition) is 2. The van der Waals surface area contributed by atoms with E-state index in [9.17, 15) is 22.8 Å². The van der Waals surface area contributed by atoms with E-state index in [1.807, 2.05) is 5.32 Å². The van der Waals surface area contributed by atoms with E-state index in [1.54, 1.807) is 6.92 Å². The van der Waals surface area contributed by atoms with Gasteiger partial charge in [0.1, 0.15) is 0 Å². The van der Waals surface area contributed by atoms with Crippen LogP contribution in [0.15, 0.2) is 0 Å². The third-order valence-electron chi connectivity index (χ3n) is 2.25. The number of alkyl halides is 3. The van der Waals surface area contributed by atoms with E-state index in [4.69, 9.17) is 0 Å². The molecule has 2 unspecified atom stereocenters. The highest BCUT2D eigenvalue weighted by Crippen LogP contribution is 2.17. The molecular weight excluding hydrogens is 213 g/mol. The standard InChI is InChI=1S/C8H11F3N2O2/c1-4-5(2-3-6(14)12-4)13-7(15)8(9,10)11/h4-5H,2-3H2,1H3,(H,12,14)(H,13,15). The lowest BCUT2D eigenvalue weighted by atomic mass is 9.99. The Morgan fingerprint density at radius 3 is 2.60 bits per heavy atom. The van der Waals surface area contributed by atoms with Crippen molar-refractivity contribution in [2.45, 2.75) is 38.0 Å². The predicted octanol–water partition coefficient (Wildman–Crippen LogP) is 0.332. The Bertz CT molecular complexity index is 278. The fourth-order valence-electron chi connectivity index (χ4n) is 1.41. The average Bonchev–Trinajstić information content (AvgIpc) is 2.08. The lowest BCUT2D eigenvalue weighted by Gasteiger charge is -2.30. The lowest BCUT2D eigenvalue weighted by Crippen LogP contribution is -2.56. The normalized spacial score (nSPS) is 27.1. The van der Waals surface area contributed by atoms with Crippen LogP contribution in [-0.4, -0.2) is 30.1 Å². The van der Waals surface area contributed by atoms with E-state index in [-0.39, 0.29) is 18.7 Å². The summed E-state index contributed by atoms with van der Waals surface area (Å²) in [7, 11) is 0. The van der Waals surface area contributed by atoms with Gasteiger partial charge in [0.15, 0.2) is 0 Å². The first kappa shape index (κ1) is 11.8. The van der Waals surface area contributed by atoms with E-state index in [1.165, 1.54) is 0 Å². The molecule has 0 aromatic rings. The minimum Gasteiger partial charge on any atom is -0.352 e. The van der Waals surface area contributed by atoms with Crippen molar-refractivity contribution in [3.05, 3.63) is 0 Å². The number of piperidine rings is 1. The number of carbonyl (C=O) groups excluding carboxylic acids is 2. The second kappa shape index (κ2) is 4.08. The van der Waals surface area contributed by atoms with Gasteiger partial charge in [-0.2, -0.15) is 13.2 Å². The van der Waals surface area contributed by atoms with Gasteiger partial charge in [0.25, 0.3) is 0 Å². The van der Waals surface area contributed by atoms with Gasteiger partial charge in [-0.1, -0.05) is 0 Å². The maximum Gasteiger partial charge on any atom is 0.471 e. The molecule has 0 saturated carbocycles. The quantitative estimate of drug-likeness (QED) is 0.674. The molecule has 4 nitrogen and oxygen atoms in total. The molecule has 0 bridgehead atoms. The Balaban J connectivity index is 2.52. The molecule has 1 heterocycles. The van der Waals surface area contributed by atoms with Gasteiger partial charge in [-0.3, -0.25) is 9.59 Å². The second-order valence-corrected chi connectivity index (χ2v) is 3.47. The summed E-state index contributed by atoms with van der Waals surface area (Å²) in [4.78, 5) is 21.5. The molecule has 0 radical (unpaired) electrons. The average molecular weight is 224 g/mol. The summed E-state index contributed by atoms with van der Waals surface area (Å²) in [5.41, 5.74) is 0. The summed E-state index contributed by atoms with van der Waals surface area (Å²) in [6.45, 7) is 1.55. The van der Waals surface area contributed by atoms with Gasteiger partial charge in [-0.05, 0) is 13.3 Å². The number of carbonyl (C=O) groups is 2. The zero-order valence-corrected chi connectivity index (χ0v) is 8.02. The minimum absolute atomic E-state index is 0.132. The maximum absolute atomic E-state index is 11.9. The number of nitrogens with one attached hydrogen (secondary N) is 2. The molecule has 1 aliphatic heterocycles. The fraction of sp³-hybridized carbons (Fsp3) is 0.750. The van der Waals surface area contributed by atoms with Crippen molar-refractivity contribution < 1.29 is 22.8 Å². The molecule has 2 N–H and O–H groups in total. The van der Waals surface area contributed by atoms with E-state index in [2.05, 4.69) is 5.32 Å². The van der Waals surface area contributed by atoms with Crippen LogP contribution < -0.4 is 10.6 Å². The molecule has 1 fully saturated rings. The van der Waals surface area contributed by atoms with Crippen LogP contribution in [0.25, 0.3) is 0 Å². The first-order chi connectivity index (χ1) is 6.80. The van der Waals surface area contributed by atoms with E-state index in [0.717, 1.165) is 0 Å². The molecule has 1 rings (SSSR count). The molecule has 1 aliphatic rings. The van der Waals surface area contributed by atoms with Crippen molar-refractivity contribution >= 4 is 11.8 Å². The van der Waals surface area contributed by atoms with Crippen LogP contribution in [-0.2, 0) is 9.59 Å². The van der Waals surface area contributed by atoms with Crippen LogP contribution >= 0.6 is 0 Å². The summed E-state index contributed by atoms with van der Waals surface area (Å²) in [6, 6.07) is -1.13. The summed E-state index contributed by atoms with van der Waals surface area (Å²) in [5.74, 6) is -2.17. The van der Waals surface area contributed by atoms with E-state index in [0.29, 0.717) is 0 Å². The molecular formula is C8H11F3N2O2. The van der Waals surface area contributed by atoms with Crippen molar-refractivity contribution in [1.29, 1.82) is 0 Å². The first-order valence-electron chi connectivity index (χ1n) is 4.48. The summed E-state index contributed by atoms with van der Waals surface area (Å²) in [5, 5.41) is 4.32. The van der Waals surface area contributed by atoms with E-state index < -0.39 is 24.2 Å². The van der Waals surface area contributed by atoms with Crippen LogP contribution in [0, 0.1) is 0 Å². The van der Waals surface area contributed by atoms with Crippen molar-refractivity contribution in [3.63, 3.8) is 0 Å². The Kier molecular flexibility index (Phi) is 3.21. The summed E-state index contributed by atoms with van der Waals surface area (Å²) in [6.07, 6.45) is -4.51. The van der Waals surface area contributed by atoms with Gasteiger partial charge >= 0.3 is 12.1 Å². The molecule has 1 saturated heterocycles. The summed E-state index contributed by atoms with van der Waals surface area (Å²) < 4.78 is 35.7. The van der Waals surface area contributed by atoms with Gasteiger partial charge in [-0.25, -0.2) is 0 Å². The molecule has 0 aliphatic carbocycles. The van der Waals surface area contributed by atoms with Gasteiger partial charge in [0, 0.05) is 18.5 Å². The highest BCUT2D eigenvalue weighted by Gasteiger charge is 2.41. The zero-order valence-electron chi connectivity index (χ0n) is 8.02. The van der Waals surface area contributed by atoms with Crippen molar-refractivity contribution in [2.75, 3.05) is 0 Å². The highest BCUT2D eigenvalue weighted by atomic mass is 19.4. The lowest BCUT2D eigenvalue weighted by molar-refractivity contribution is -0.174. The molecule has 0 aromatic carbocycles. The van der Waals surface area contributed by atoms with Crippen molar-refractivity contribution in [3.8, 4) is 0 Å². The third-order valence-corrected chi connectivity index (χ3v) is 2.25. The van der Waals surface area contributed by atoms with Crippen LogP contribution in [0.2, 0.25) is 0 Å². The molecule has 7 heteroatoms. The smallest absolute Gasteiger partial charge is 0.352 e. The van der Waals surface area contributed by atoms with Crippen LogP contribution in [0.3, 0.4) is 0 Å². The number of rotatable bonds is 1. The molecule has 86 valence electrons. The molecule has 0 aromatic heterocycles. The molecule has 15 heavy (non-hydrogen) atoms. The Morgan fingerprint density at radius 2 is 2.13 bits per heavy atom. The Hall–Kier alpha value is -1.27. The van der Waals surface area contributed by atoms with Gasteiger partial charge in [0.2, 0.25) is 5.91 Å².